The second-order valence-corrected chi connectivity index (χ2v) is 3.96. The van der Waals surface area contributed by atoms with E-state index in [0.717, 1.165) is 0 Å². The highest BCUT2D eigenvalue weighted by atomic mass is 13.9. The third-order valence-electron chi connectivity index (χ3n) is 2.48. The molecule has 0 aliphatic heterocycles. The summed E-state index contributed by atoms with van der Waals surface area (Å²) >= 11 is 0. The van der Waals surface area contributed by atoms with E-state index < -0.39 is 0 Å². The van der Waals surface area contributed by atoms with Crippen LogP contribution in [0.2, 0.25) is 0 Å². The van der Waals surface area contributed by atoms with Crippen LogP contribution in [0, 0.1) is 0 Å². The van der Waals surface area contributed by atoms with Gasteiger partial charge in [0.2, 0.25) is 0 Å². The maximum Gasteiger partial charge on any atom is -0.0313 e. The second-order valence-electron chi connectivity index (χ2n) is 3.96. The van der Waals surface area contributed by atoms with E-state index in [2.05, 4.69) is 60.8 Å². The summed E-state index contributed by atoms with van der Waals surface area (Å²) < 4.78 is 0. The summed E-state index contributed by atoms with van der Waals surface area (Å²) in [5, 5.41) is 0. The zero-order chi connectivity index (χ0) is 11.3. The zero-order valence-electron chi connectivity index (χ0n) is 10.0. The molecular formula is C16H22. The Morgan fingerprint density at radius 1 is 0.375 bits per heavy atom. The zero-order valence-corrected chi connectivity index (χ0v) is 10.0. The van der Waals surface area contributed by atoms with Crippen LogP contribution in [0.1, 0.15) is 38.5 Å². The van der Waals surface area contributed by atoms with Gasteiger partial charge in [0.1, 0.15) is 0 Å². The van der Waals surface area contributed by atoms with Gasteiger partial charge in [0.25, 0.3) is 0 Å². The Labute approximate surface area is 99.8 Å². The molecule has 0 aromatic heterocycles. The van der Waals surface area contributed by atoms with Crippen molar-refractivity contribution in [3.8, 4) is 0 Å². The van der Waals surface area contributed by atoms with Gasteiger partial charge >= 0.3 is 0 Å². The predicted molar refractivity (Wildman–Crippen MR) is 73.4 cm³/mol. The second kappa shape index (κ2) is 10.2. The fourth-order valence-corrected chi connectivity index (χ4v) is 1.54. The number of hydrogen-bond donors (Lipinski definition) is 0. The van der Waals surface area contributed by atoms with Gasteiger partial charge in [-0.05, 0) is 38.5 Å². The number of hydrogen-bond acceptors (Lipinski definition) is 0. The molecule has 2 aliphatic rings. The summed E-state index contributed by atoms with van der Waals surface area (Å²) in [5.74, 6) is 0. The van der Waals surface area contributed by atoms with Crippen LogP contribution in [0.15, 0.2) is 60.8 Å². The third-order valence-corrected chi connectivity index (χ3v) is 2.48. The van der Waals surface area contributed by atoms with Gasteiger partial charge < -0.3 is 0 Å². The van der Waals surface area contributed by atoms with Gasteiger partial charge in [0.15, 0.2) is 0 Å². The summed E-state index contributed by atoms with van der Waals surface area (Å²) in [6.45, 7) is 0. The van der Waals surface area contributed by atoms with Crippen molar-refractivity contribution in [1.82, 2.24) is 0 Å². The number of rotatable bonds is 0. The first kappa shape index (κ1) is 12.8. The largest absolute Gasteiger partial charge is 0.0845 e. The molecule has 0 heterocycles. The first-order chi connectivity index (χ1) is 8.00. The average Bonchev–Trinajstić information content (AvgIpc) is 2.15. The molecule has 0 spiro atoms. The summed E-state index contributed by atoms with van der Waals surface area (Å²) in [6, 6.07) is 0. The molecule has 0 unspecified atom stereocenters. The van der Waals surface area contributed by atoms with E-state index in [9.17, 15) is 0 Å². The summed E-state index contributed by atoms with van der Waals surface area (Å²) in [4.78, 5) is 0. The molecule has 0 saturated heterocycles. The SMILES string of the molecule is C1=C\C=C/CC\C=C/1.C1=C\CCCC\C=C/1. The van der Waals surface area contributed by atoms with E-state index in [1.54, 1.807) is 0 Å². The average molecular weight is 214 g/mol. The van der Waals surface area contributed by atoms with Crippen LogP contribution in [-0.2, 0) is 0 Å². The Morgan fingerprint density at radius 2 is 0.750 bits per heavy atom. The number of allylic oxidation sites excluding steroid dienone is 10. The Bertz CT molecular complexity index is 257. The van der Waals surface area contributed by atoms with Crippen molar-refractivity contribution in [2.24, 2.45) is 0 Å². The highest BCUT2D eigenvalue weighted by Crippen LogP contribution is 2.04. The monoisotopic (exact) mass is 214 g/mol. The summed E-state index contributed by atoms with van der Waals surface area (Å²) in [6.07, 6.45) is 29.0. The van der Waals surface area contributed by atoms with Gasteiger partial charge in [-0.3, -0.25) is 0 Å². The molecule has 0 atom stereocenters. The van der Waals surface area contributed by atoms with Gasteiger partial charge in [-0.25, -0.2) is 0 Å². The Balaban J connectivity index is 0.000000160. The molecule has 0 fully saturated rings. The highest BCUT2D eigenvalue weighted by molar-refractivity contribution is 5.13. The van der Waals surface area contributed by atoms with Crippen molar-refractivity contribution in [3.05, 3.63) is 60.8 Å². The molecule has 0 heteroatoms. The standard InChI is InChI=1S/C8H12.C8H10/c2*1-2-4-6-8-7-5-3-1/h1-4H,5-8H2;1-6H,7-8H2/b3-1-,4-2-;2-1-,5-3-,6-4-. The molecule has 0 N–H and O–H groups in total. The van der Waals surface area contributed by atoms with E-state index in [1.165, 1.54) is 38.5 Å². The van der Waals surface area contributed by atoms with Crippen LogP contribution >= 0.6 is 0 Å². The molecule has 0 aromatic rings. The Kier molecular flexibility index (Phi) is 8.16. The maximum atomic E-state index is 2.23. The molecule has 0 saturated carbocycles. The maximum absolute atomic E-state index is 2.23. The molecule has 0 amide bonds. The van der Waals surface area contributed by atoms with Crippen LogP contribution in [-0.4, -0.2) is 0 Å². The van der Waals surface area contributed by atoms with Crippen molar-refractivity contribution in [2.75, 3.05) is 0 Å². The first-order valence-electron chi connectivity index (χ1n) is 6.30. The lowest BCUT2D eigenvalue weighted by atomic mass is 10.1. The van der Waals surface area contributed by atoms with E-state index in [0.29, 0.717) is 0 Å². The Hall–Kier alpha value is -1.30. The van der Waals surface area contributed by atoms with Crippen molar-refractivity contribution in [1.29, 1.82) is 0 Å². The van der Waals surface area contributed by atoms with E-state index in [1.807, 2.05) is 0 Å². The first-order valence-corrected chi connectivity index (χ1v) is 6.30. The smallest absolute Gasteiger partial charge is 0.0313 e. The fraction of sp³-hybridized carbons (Fsp3) is 0.375. The van der Waals surface area contributed by atoms with Gasteiger partial charge in [0, 0.05) is 0 Å². The Morgan fingerprint density at radius 3 is 1.25 bits per heavy atom. The minimum Gasteiger partial charge on any atom is -0.0845 e. The molecule has 0 bridgehead atoms. The lowest BCUT2D eigenvalue weighted by Gasteiger charge is -1.94. The third kappa shape index (κ3) is 8.05. The van der Waals surface area contributed by atoms with Crippen molar-refractivity contribution in [2.45, 2.75) is 38.5 Å². The van der Waals surface area contributed by atoms with Gasteiger partial charge in [0.05, 0.1) is 0 Å². The molecule has 0 radical (unpaired) electrons. The van der Waals surface area contributed by atoms with Crippen LogP contribution in [0.3, 0.4) is 0 Å². The van der Waals surface area contributed by atoms with Crippen LogP contribution in [0.25, 0.3) is 0 Å². The summed E-state index contributed by atoms with van der Waals surface area (Å²) in [7, 11) is 0. The van der Waals surface area contributed by atoms with E-state index in [4.69, 9.17) is 0 Å². The lowest BCUT2D eigenvalue weighted by Crippen LogP contribution is -1.74. The van der Waals surface area contributed by atoms with E-state index >= 15 is 0 Å². The molecule has 2 rings (SSSR count). The van der Waals surface area contributed by atoms with Crippen LogP contribution in [0.5, 0.6) is 0 Å². The van der Waals surface area contributed by atoms with Crippen LogP contribution in [0.4, 0.5) is 0 Å². The van der Waals surface area contributed by atoms with Gasteiger partial charge in [-0.2, -0.15) is 0 Å². The summed E-state index contributed by atoms with van der Waals surface area (Å²) in [5.41, 5.74) is 0. The molecule has 16 heavy (non-hydrogen) atoms. The molecule has 0 nitrogen and oxygen atoms in total. The minimum atomic E-state index is 1.18. The quantitative estimate of drug-likeness (QED) is 0.525. The molecule has 0 aromatic carbocycles. The van der Waals surface area contributed by atoms with Crippen molar-refractivity contribution < 1.29 is 0 Å². The highest BCUT2D eigenvalue weighted by Gasteiger charge is 1.84. The topological polar surface area (TPSA) is 0 Å². The normalized spacial score (nSPS) is 29.0. The molecular weight excluding hydrogens is 192 g/mol. The fourth-order valence-electron chi connectivity index (χ4n) is 1.54. The predicted octanol–water partition coefficient (Wildman–Crippen LogP) is 5.12. The minimum absolute atomic E-state index is 1.18. The van der Waals surface area contributed by atoms with Gasteiger partial charge in [-0.1, -0.05) is 60.8 Å². The van der Waals surface area contributed by atoms with Crippen LogP contribution < -0.4 is 0 Å². The van der Waals surface area contributed by atoms with Crippen molar-refractivity contribution >= 4 is 0 Å². The molecule has 2 aliphatic carbocycles. The van der Waals surface area contributed by atoms with Gasteiger partial charge in [-0.15, -0.1) is 0 Å². The molecule has 86 valence electrons. The van der Waals surface area contributed by atoms with Crippen molar-refractivity contribution in [3.63, 3.8) is 0 Å². The lowest BCUT2D eigenvalue weighted by molar-refractivity contribution is 0.758. The van der Waals surface area contributed by atoms with E-state index in [-0.39, 0.29) is 0 Å².